The Labute approximate surface area is 213 Å². The summed E-state index contributed by atoms with van der Waals surface area (Å²) in [5.41, 5.74) is 2.92. The highest BCUT2D eigenvalue weighted by Crippen LogP contribution is 2.36. The van der Waals surface area contributed by atoms with Crippen molar-refractivity contribution in [2.45, 2.75) is 20.8 Å². The molecule has 0 atom stereocenters. The molecule has 188 valence electrons. The number of hydrogen-bond acceptors (Lipinski definition) is 6. The van der Waals surface area contributed by atoms with Gasteiger partial charge in [0.15, 0.2) is 0 Å². The third-order valence-corrected chi connectivity index (χ3v) is 11.2. The quantitative estimate of drug-likeness (QED) is 0.244. The van der Waals surface area contributed by atoms with Crippen LogP contribution in [-0.4, -0.2) is 50.0 Å². The molecule has 0 amide bonds. The molecule has 0 aromatic heterocycles. The Bertz CT molecular complexity index is 1000. The summed E-state index contributed by atoms with van der Waals surface area (Å²) in [4.78, 5) is 0. The molecule has 0 unspecified atom stereocenters. The molecule has 35 heavy (non-hydrogen) atoms. The molecule has 0 N–H and O–H groups in total. The topological polar surface area (TPSA) is 55.4 Å². The normalized spacial score (nSPS) is 11.1. The van der Waals surface area contributed by atoms with E-state index in [4.69, 9.17) is 39.5 Å². The molecule has 3 aromatic carbocycles. The van der Waals surface area contributed by atoms with Gasteiger partial charge >= 0.3 is 0 Å². The molecule has 0 aliphatic carbocycles. The molecule has 0 bridgehead atoms. The fourth-order valence-electron chi connectivity index (χ4n) is 4.52. The van der Waals surface area contributed by atoms with Crippen LogP contribution in [0.2, 0.25) is 0 Å². The first-order valence-electron chi connectivity index (χ1n) is 11.1. The number of methoxy groups -OCH3 is 6. The molecule has 0 saturated carbocycles. The summed E-state index contributed by atoms with van der Waals surface area (Å²) in [5.74, 6) is 3.57. The van der Waals surface area contributed by atoms with Gasteiger partial charge < -0.3 is 28.4 Å². The zero-order valence-corrected chi connectivity index (χ0v) is 23.5. The number of rotatable bonds is 9. The van der Waals surface area contributed by atoms with Crippen LogP contribution in [0, 0.1) is 20.8 Å². The first kappa shape index (κ1) is 26.6. The third-order valence-electron chi connectivity index (χ3n) is 5.98. The van der Waals surface area contributed by atoms with Crippen LogP contribution in [0.5, 0.6) is 34.5 Å². The molecular weight excluding hydrogens is 484 g/mol. The van der Waals surface area contributed by atoms with Crippen molar-refractivity contribution in [3.8, 4) is 34.5 Å². The smallest absolute Gasteiger partial charge is 0.270 e. The Kier molecular flexibility index (Phi) is 8.13. The van der Waals surface area contributed by atoms with Crippen molar-refractivity contribution < 1.29 is 28.4 Å². The van der Waals surface area contributed by atoms with Gasteiger partial charge in [0.1, 0.15) is 34.5 Å². The molecule has 8 heteroatoms. The monoisotopic (exact) mass is 516 g/mol. The number of hydrogen-bond donors (Lipinski definition) is 0. The maximum atomic E-state index is 8.03. The van der Waals surface area contributed by atoms with Crippen LogP contribution < -0.4 is 44.0 Å². The Morgan fingerprint density at radius 2 is 0.600 bits per heavy atom. The highest BCUT2D eigenvalue weighted by Gasteiger charge is 2.51. The first-order chi connectivity index (χ1) is 16.7. The molecular formula is C27H33ClO6Si. The molecule has 3 rings (SSSR count). The second-order valence-corrected chi connectivity index (χ2v) is 12.8. The van der Waals surface area contributed by atoms with Crippen molar-refractivity contribution in [2.75, 3.05) is 42.7 Å². The summed E-state index contributed by atoms with van der Waals surface area (Å²) in [7, 11) is 6.11. The zero-order valence-electron chi connectivity index (χ0n) is 21.8. The van der Waals surface area contributed by atoms with E-state index in [0.717, 1.165) is 16.7 Å². The minimum Gasteiger partial charge on any atom is -0.497 e. The van der Waals surface area contributed by atoms with Crippen LogP contribution in [0.15, 0.2) is 36.4 Å². The van der Waals surface area contributed by atoms with Gasteiger partial charge in [-0.3, -0.25) is 0 Å². The lowest BCUT2D eigenvalue weighted by molar-refractivity contribution is 0.396. The molecule has 0 fully saturated rings. The summed E-state index contributed by atoms with van der Waals surface area (Å²) in [6.07, 6.45) is 0. The summed E-state index contributed by atoms with van der Waals surface area (Å²) < 4.78 is 35.4. The lowest BCUT2D eigenvalue weighted by Crippen LogP contribution is -2.64. The highest BCUT2D eigenvalue weighted by molar-refractivity contribution is 7.41. The van der Waals surface area contributed by atoms with E-state index in [1.165, 1.54) is 0 Å². The molecule has 0 heterocycles. The maximum Gasteiger partial charge on any atom is 0.270 e. The minimum atomic E-state index is -3.62. The maximum absolute atomic E-state index is 8.03. The van der Waals surface area contributed by atoms with Gasteiger partial charge in [-0.05, 0) is 73.9 Å². The van der Waals surface area contributed by atoms with Gasteiger partial charge in [0.2, 0.25) is 0 Å². The van der Waals surface area contributed by atoms with Crippen LogP contribution in [-0.2, 0) is 0 Å². The Morgan fingerprint density at radius 1 is 0.429 bits per heavy atom. The molecule has 0 saturated heterocycles. The Morgan fingerprint density at radius 3 is 0.743 bits per heavy atom. The molecule has 0 radical (unpaired) electrons. The summed E-state index contributed by atoms with van der Waals surface area (Å²) in [6.45, 7) is 5.94. The zero-order chi connectivity index (χ0) is 25.9. The van der Waals surface area contributed by atoms with Gasteiger partial charge in [0, 0.05) is 15.6 Å². The summed E-state index contributed by atoms with van der Waals surface area (Å²) >= 11 is 8.03. The number of halogens is 1. The molecule has 3 aromatic rings. The van der Waals surface area contributed by atoms with Crippen LogP contribution in [0.1, 0.15) is 16.7 Å². The highest BCUT2D eigenvalue weighted by atomic mass is 35.6. The largest absolute Gasteiger partial charge is 0.497 e. The minimum absolute atomic E-state index is 0.595. The van der Waals surface area contributed by atoms with Gasteiger partial charge in [-0.25, -0.2) is 0 Å². The van der Waals surface area contributed by atoms with Gasteiger partial charge in [-0.2, -0.15) is 0 Å². The molecule has 0 spiro atoms. The van der Waals surface area contributed by atoms with E-state index >= 15 is 0 Å². The van der Waals surface area contributed by atoms with Crippen molar-refractivity contribution >= 4 is 34.0 Å². The van der Waals surface area contributed by atoms with E-state index < -0.39 is 7.38 Å². The van der Waals surface area contributed by atoms with E-state index in [1.807, 2.05) is 57.2 Å². The van der Waals surface area contributed by atoms with E-state index in [-0.39, 0.29) is 0 Å². The fourth-order valence-corrected chi connectivity index (χ4v) is 10.0. The predicted molar refractivity (Wildman–Crippen MR) is 143 cm³/mol. The van der Waals surface area contributed by atoms with Gasteiger partial charge in [-0.15, -0.1) is 11.1 Å². The van der Waals surface area contributed by atoms with Crippen LogP contribution >= 0.6 is 11.1 Å². The molecule has 0 aliphatic heterocycles. The number of ether oxygens (including phenoxy) is 6. The Balaban J connectivity index is 2.69. The second-order valence-electron chi connectivity index (χ2n) is 8.29. The van der Waals surface area contributed by atoms with Crippen molar-refractivity contribution in [1.82, 2.24) is 0 Å². The van der Waals surface area contributed by atoms with Crippen LogP contribution in [0.3, 0.4) is 0 Å². The Hall–Kier alpha value is -3.03. The second kappa shape index (κ2) is 10.7. The van der Waals surface area contributed by atoms with Gasteiger partial charge in [0.05, 0.1) is 42.7 Å². The van der Waals surface area contributed by atoms with Crippen LogP contribution in [0.4, 0.5) is 0 Å². The van der Waals surface area contributed by atoms with E-state index in [9.17, 15) is 0 Å². The predicted octanol–water partition coefficient (Wildman–Crippen LogP) is 3.87. The first-order valence-corrected chi connectivity index (χ1v) is 14.1. The third kappa shape index (κ3) is 4.62. The molecule has 0 aliphatic rings. The van der Waals surface area contributed by atoms with Crippen molar-refractivity contribution in [1.29, 1.82) is 0 Å². The van der Waals surface area contributed by atoms with Gasteiger partial charge in [0.25, 0.3) is 7.38 Å². The summed E-state index contributed by atoms with van der Waals surface area (Å²) in [6, 6.07) is 11.7. The fraction of sp³-hybridized carbons (Fsp3) is 0.333. The van der Waals surface area contributed by atoms with Crippen LogP contribution in [0.25, 0.3) is 0 Å². The SMILES string of the molecule is COc1cc(C)cc(OC)c1[Si](Cl)(c1c(OC)cc(C)cc1OC)c1c(OC)cc(C)cc1OC. The summed E-state index contributed by atoms with van der Waals surface area (Å²) in [5, 5.41) is 2.11. The van der Waals surface area contributed by atoms with E-state index in [2.05, 4.69) is 0 Å². The average molecular weight is 517 g/mol. The lowest BCUT2D eigenvalue weighted by Gasteiger charge is -2.34. The van der Waals surface area contributed by atoms with E-state index in [0.29, 0.717) is 50.1 Å². The number of aryl methyl sites for hydroxylation is 3. The lowest BCUT2D eigenvalue weighted by atomic mass is 10.2. The van der Waals surface area contributed by atoms with Crippen molar-refractivity contribution in [2.24, 2.45) is 0 Å². The van der Waals surface area contributed by atoms with Crippen molar-refractivity contribution in [3.05, 3.63) is 53.1 Å². The van der Waals surface area contributed by atoms with Crippen molar-refractivity contribution in [3.63, 3.8) is 0 Å². The standard InChI is InChI=1S/C27H33ClO6Si/c1-16-10-19(29-4)25(20(11-16)30-5)35(28,26-21(31-6)12-17(2)13-22(26)32-7)27-23(33-8)14-18(3)15-24(27)34-9/h10-15H,1-9H3. The van der Waals surface area contributed by atoms with E-state index in [1.54, 1.807) is 42.7 Å². The molecule has 6 nitrogen and oxygen atoms in total. The average Bonchev–Trinajstić information content (AvgIpc) is 2.85. The van der Waals surface area contributed by atoms with Gasteiger partial charge in [-0.1, -0.05) is 0 Å². The number of benzene rings is 3.